The number of ether oxygens (including phenoxy) is 3. The maximum absolute atomic E-state index is 11.6. The molecule has 0 aliphatic carbocycles. The van der Waals surface area contributed by atoms with Gasteiger partial charge in [-0.25, -0.2) is 0 Å². The van der Waals surface area contributed by atoms with E-state index in [-0.39, 0.29) is 31.7 Å². The smallest absolute Gasteiger partial charge is 0.234 e. The van der Waals surface area contributed by atoms with Gasteiger partial charge in [-0.1, -0.05) is 12.1 Å². The summed E-state index contributed by atoms with van der Waals surface area (Å²) >= 11 is 0. The summed E-state index contributed by atoms with van der Waals surface area (Å²) in [6.45, 7) is 2.18. The quantitative estimate of drug-likeness (QED) is 0.725. The number of halogens is 1. The average Bonchev–Trinajstić information content (AvgIpc) is 2.90. The number of methoxy groups -OCH3 is 1. The Balaban J connectivity index is 0.00000200. The maximum atomic E-state index is 11.6. The Hall–Kier alpha value is -1.50. The first-order valence-electron chi connectivity index (χ1n) is 6.15. The van der Waals surface area contributed by atoms with Crippen molar-refractivity contribution in [2.75, 3.05) is 33.6 Å². The highest BCUT2D eigenvalue weighted by Crippen LogP contribution is 2.35. The van der Waals surface area contributed by atoms with E-state index in [0.717, 1.165) is 17.1 Å². The Kier molecular flexibility index (Phi) is 7.14. The van der Waals surface area contributed by atoms with Gasteiger partial charge in [0.25, 0.3) is 0 Å². The molecule has 0 unspecified atom stereocenters. The van der Waals surface area contributed by atoms with Crippen molar-refractivity contribution >= 4 is 18.3 Å². The van der Waals surface area contributed by atoms with Crippen molar-refractivity contribution < 1.29 is 19.0 Å². The largest absolute Gasteiger partial charge is 0.454 e. The highest BCUT2D eigenvalue weighted by molar-refractivity contribution is 5.85. The lowest BCUT2D eigenvalue weighted by Gasteiger charge is -2.08. The van der Waals surface area contributed by atoms with Crippen molar-refractivity contribution in [3.05, 3.63) is 23.8 Å². The number of hydrogen-bond donors (Lipinski definition) is 2. The summed E-state index contributed by atoms with van der Waals surface area (Å²) in [7, 11) is 1.62. The summed E-state index contributed by atoms with van der Waals surface area (Å²) < 4.78 is 15.5. The van der Waals surface area contributed by atoms with Crippen LogP contribution in [0.5, 0.6) is 11.5 Å². The van der Waals surface area contributed by atoms with E-state index in [9.17, 15) is 4.79 Å². The second kappa shape index (κ2) is 8.63. The second-order valence-electron chi connectivity index (χ2n) is 4.10. The van der Waals surface area contributed by atoms with Crippen LogP contribution in [-0.4, -0.2) is 39.5 Å². The number of hydrogen-bond acceptors (Lipinski definition) is 5. The number of nitrogens with one attached hydrogen (secondary N) is 2. The zero-order chi connectivity index (χ0) is 13.5. The molecule has 1 aliphatic heterocycles. The number of carbonyl (C=O) groups excluding carboxylic acids is 1. The minimum Gasteiger partial charge on any atom is -0.454 e. The molecule has 6 nitrogen and oxygen atoms in total. The number of rotatable bonds is 7. The lowest BCUT2D eigenvalue weighted by Crippen LogP contribution is -2.34. The van der Waals surface area contributed by atoms with E-state index in [0.29, 0.717) is 19.7 Å². The third kappa shape index (κ3) is 4.56. The van der Waals surface area contributed by atoms with Crippen LogP contribution < -0.4 is 20.1 Å². The zero-order valence-electron chi connectivity index (χ0n) is 11.3. The van der Waals surface area contributed by atoms with Crippen molar-refractivity contribution in [1.82, 2.24) is 10.6 Å². The predicted molar refractivity (Wildman–Crippen MR) is 76.4 cm³/mol. The number of para-hydroxylation sites is 1. The van der Waals surface area contributed by atoms with E-state index in [2.05, 4.69) is 10.6 Å². The maximum Gasteiger partial charge on any atom is 0.234 e. The van der Waals surface area contributed by atoms with E-state index in [1.165, 1.54) is 0 Å². The first kappa shape index (κ1) is 16.6. The molecule has 7 heteroatoms. The number of amides is 1. The van der Waals surface area contributed by atoms with Crippen LogP contribution in [0.1, 0.15) is 5.56 Å². The topological polar surface area (TPSA) is 68.8 Å². The van der Waals surface area contributed by atoms with Crippen LogP contribution in [0.2, 0.25) is 0 Å². The van der Waals surface area contributed by atoms with Crippen LogP contribution in [0.3, 0.4) is 0 Å². The Bertz CT molecular complexity index is 442. The number of fused-ring (bicyclic) bond motifs is 1. The minimum atomic E-state index is -0.0624. The second-order valence-corrected chi connectivity index (χ2v) is 4.10. The predicted octanol–water partition coefficient (Wildman–Crippen LogP) is 0.689. The van der Waals surface area contributed by atoms with Gasteiger partial charge in [0, 0.05) is 25.8 Å². The molecule has 1 heterocycles. The van der Waals surface area contributed by atoms with E-state index < -0.39 is 0 Å². The van der Waals surface area contributed by atoms with Crippen molar-refractivity contribution in [3.63, 3.8) is 0 Å². The summed E-state index contributed by atoms with van der Waals surface area (Å²) in [5.74, 6) is 1.38. The Morgan fingerprint density at radius 3 is 3.05 bits per heavy atom. The van der Waals surface area contributed by atoms with Gasteiger partial charge in [0.05, 0.1) is 13.2 Å². The zero-order valence-corrected chi connectivity index (χ0v) is 12.1. The molecule has 0 aromatic heterocycles. The van der Waals surface area contributed by atoms with Crippen LogP contribution in [-0.2, 0) is 16.1 Å². The fourth-order valence-corrected chi connectivity index (χ4v) is 1.76. The van der Waals surface area contributed by atoms with Gasteiger partial charge in [0.2, 0.25) is 12.7 Å². The molecule has 1 aromatic carbocycles. The SMILES string of the molecule is COCCNCC(=O)NCc1cccc2c1OCO2.Cl. The van der Waals surface area contributed by atoms with Crippen LogP contribution in [0.15, 0.2) is 18.2 Å². The molecule has 1 amide bonds. The highest BCUT2D eigenvalue weighted by Gasteiger charge is 2.17. The Morgan fingerprint density at radius 1 is 1.40 bits per heavy atom. The monoisotopic (exact) mass is 302 g/mol. The van der Waals surface area contributed by atoms with Gasteiger partial charge in [-0.3, -0.25) is 4.79 Å². The van der Waals surface area contributed by atoms with Crippen LogP contribution in [0, 0.1) is 0 Å². The standard InChI is InChI=1S/C13H18N2O4.ClH/c1-17-6-5-14-8-12(16)15-7-10-3-2-4-11-13(10)19-9-18-11;/h2-4,14H,5-9H2,1H3,(H,15,16);1H. The van der Waals surface area contributed by atoms with Crippen LogP contribution in [0.25, 0.3) is 0 Å². The molecule has 1 aromatic rings. The highest BCUT2D eigenvalue weighted by atomic mass is 35.5. The van der Waals surface area contributed by atoms with Gasteiger partial charge >= 0.3 is 0 Å². The molecule has 2 rings (SSSR count). The lowest BCUT2D eigenvalue weighted by molar-refractivity contribution is -0.120. The van der Waals surface area contributed by atoms with Crippen molar-refractivity contribution in [1.29, 1.82) is 0 Å². The van der Waals surface area contributed by atoms with Crippen LogP contribution >= 0.6 is 12.4 Å². The summed E-state index contributed by atoms with van der Waals surface area (Å²) in [5.41, 5.74) is 0.917. The van der Waals surface area contributed by atoms with E-state index in [1.54, 1.807) is 7.11 Å². The molecule has 0 atom stereocenters. The molecular formula is C13H19ClN2O4. The molecule has 0 spiro atoms. The first-order chi connectivity index (χ1) is 9.31. The summed E-state index contributed by atoms with van der Waals surface area (Å²) in [6.07, 6.45) is 0. The number of benzene rings is 1. The normalized spacial score (nSPS) is 11.8. The number of carbonyl (C=O) groups is 1. The van der Waals surface area contributed by atoms with E-state index in [4.69, 9.17) is 14.2 Å². The lowest BCUT2D eigenvalue weighted by atomic mass is 10.2. The molecule has 20 heavy (non-hydrogen) atoms. The first-order valence-corrected chi connectivity index (χ1v) is 6.15. The van der Waals surface area contributed by atoms with Gasteiger partial charge in [-0.15, -0.1) is 12.4 Å². The van der Waals surface area contributed by atoms with Crippen molar-refractivity contribution in [2.45, 2.75) is 6.54 Å². The summed E-state index contributed by atoms with van der Waals surface area (Å²) in [6, 6.07) is 5.64. The van der Waals surface area contributed by atoms with E-state index in [1.807, 2.05) is 18.2 Å². The minimum absolute atomic E-state index is 0. The summed E-state index contributed by atoms with van der Waals surface area (Å²) in [5, 5.41) is 5.81. The fraction of sp³-hybridized carbons (Fsp3) is 0.462. The molecule has 0 fully saturated rings. The molecule has 0 bridgehead atoms. The van der Waals surface area contributed by atoms with Crippen molar-refractivity contribution in [3.8, 4) is 11.5 Å². The van der Waals surface area contributed by atoms with E-state index >= 15 is 0 Å². The van der Waals surface area contributed by atoms with Gasteiger partial charge in [0.15, 0.2) is 11.5 Å². The van der Waals surface area contributed by atoms with Gasteiger partial charge in [0.1, 0.15) is 0 Å². The Labute approximate surface area is 124 Å². The summed E-state index contributed by atoms with van der Waals surface area (Å²) in [4.78, 5) is 11.6. The molecule has 1 aliphatic rings. The Morgan fingerprint density at radius 2 is 2.25 bits per heavy atom. The third-order valence-corrected chi connectivity index (χ3v) is 2.72. The fourth-order valence-electron chi connectivity index (χ4n) is 1.76. The molecule has 0 saturated carbocycles. The average molecular weight is 303 g/mol. The van der Waals surface area contributed by atoms with Gasteiger partial charge in [-0.05, 0) is 6.07 Å². The molecular weight excluding hydrogens is 284 g/mol. The molecule has 0 radical (unpaired) electrons. The molecule has 0 saturated heterocycles. The van der Waals surface area contributed by atoms with Crippen LogP contribution in [0.4, 0.5) is 0 Å². The van der Waals surface area contributed by atoms with Crippen molar-refractivity contribution in [2.24, 2.45) is 0 Å². The van der Waals surface area contributed by atoms with Gasteiger partial charge in [-0.2, -0.15) is 0 Å². The van der Waals surface area contributed by atoms with Gasteiger partial charge < -0.3 is 24.8 Å². The third-order valence-electron chi connectivity index (χ3n) is 2.72. The molecule has 112 valence electrons. The molecule has 2 N–H and O–H groups in total.